The second-order valence-electron chi connectivity index (χ2n) is 8.37. The smallest absolute Gasteiger partial charge is 0.0991 e. The van der Waals surface area contributed by atoms with E-state index in [4.69, 9.17) is 16.9 Å². The second-order valence-corrected chi connectivity index (χ2v) is 8.78. The molecule has 0 heterocycles. The van der Waals surface area contributed by atoms with Crippen LogP contribution in [0.2, 0.25) is 5.02 Å². The molecule has 148 valence electrons. The number of benzene rings is 2. The van der Waals surface area contributed by atoms with Crippen molar-refractivity contribution in [3.05, 3.63) is 69.7 Å². The van der Waals surface area contributed by atoms with Crippen LogP contribution in [0.5, 0.6) is 0 Å². The van der Waals surface area contributed by atoms with Crippen LogP contribution in [0.4, 0.5) is 0 Å². The number of hydrogen-bond acceptors (Lipinski definition) is 1. The highest BCUT2D eigenvalue weighted by molar-refractivity contribution is 6.31. The standard InChI is InChI=1S/C26H32ClN/c1-2-3-4-5-20-10-13-23(14-11-20)25-17-16-24(26(27)18-25)15-12-21-6-8-22(19-28)9-7-21/h6-9,16-18,20,23H,2-5,10-15H2,1H3/t20-,23-. The average molecular weight is 394 g/mol. The van der Waals surface area contributed by atoms with Gasteiger partial charge in [0.1, 0.15) is 0 Å². The Morgan fingerprint density at radius 1 is 0.964 bits per heavy atom. The molecule has 0 atom stereocenters. The lowest BCUT2D eigenvalue weighted by molar-refractivity contribution is 0.303. The van der Waals surface area contributed by atoms with Crippen molar-refractivity contribution in [3.63, 3.8) is 0 Å². The van der Waals surface area contributed by atoms with E-state index >= 15 is 0 Å². The normalized spacial score (nSPS) is 19.3. The van der Waals surface area contributed by atoms with Gasteiger partial charge in [-0.1, -0.05) is 68.5 Å². The van der Waals surface area contributed by atoms with E-state index in [1.54, 1.807) is 0 Å². The molecular formula is C26H32ClN. The number of unbranched alkanes of at least 4 members (excludes halogenated alkanes) is 2. The molecule has 1 nitrogen and oxygen atoms in total. The van der Waals surface area contributed by atoms with E-state index in [0.717, 1.165) is 23.8 Å². The van der Waals surface area contributed by atoms with E-state index in [0.29, 0.717) is 11.5 Å². The molecule has 0 saturated heterocycles. The molecule has 0 bridgehead atoms. The van der Waals surface area contributed by atoms with Gasteiger partial charge in [0.25, 0.3) is 0 Å². The maximum absolute atomic E-state index is 8.90. The van der Waals surface area contributed by atoms with Crippen LogP contribution in [-0.4, -0.2) is 0 Å². The first-order valence-electron chi connectivity index (χ1n) is 11.0. The number of hydrogen-bond donors (Lipinski definition) is 0. The Morgan fingerprint density at radius 3 is 2.36 bits per heavy atom. The summed E-state index contributed by atoms with van der Waals surface area (Å²) in [5, 5.41) is 9.81. The molecule has 28 heavy (non-hydrogen) atoms. The summed E-state index contributed by atoms with van der Waals surface area (Å²) in [6.45, 7) is 2.29. The van der Waals surface area contributed by atoms with Crippen LogP contribution < -0.4 is 0 Å². The highest BCUT2D eigenvalue weighted by Crippen LogP contribution is 2.38. The minimum absolute atomic E-state index is 0.688. The van der Waals surface area contributed by atoms with Gasteiger partial charge in [0.15, 0.2) is 0 Å². The van der Waals surface area contributed by atoms with E-state index in [-0.39, 0.29) is 0 Å². The molecule has 2 heteroatoms. The van der Waals surface area contributed by atoms with Crippen LogP contribution in [0.3, 0.4) is 0 Å². The fraction of sp³-hybridized carbons (Fsp3) is 0.500. The molecule has 0 radical (unpaired) electrons. The summed E-state index contributed by atoms with van der Waals surface area (Å²) in [7, 11) is 0. The van der Waals surface area contributed by atoms with Crippen LogP contribution in [0.15, 0.2) is 42.5 Å². The van der Waals surface area contributed by atoms with Gasteiger partial charge < -0.3 is 0 Å². The largest absolute Gasteiger partial charge is 0.192 e. The monoisotopic (exact) mass is 393 g/mol. The molecular weight excluding hydrogens is 362 g/mol. The molecule has 3 rings (SSSR count). The van der Waals surface area contributed by atoms with Crippen molar-refractivity contribution in [2.75, 3.05) is 0 Å². The van der Waals surface area contributed by atoms with E-state index in [1.807, 2.05) is 24.3 Å². The Morgan fingerprint density at radius 2 is 1.71 bits per heavy atom. The summed E-state index contributed by atoms with van der Waals surface area (Å²) in [6.07, 6.45) is 12.8. The SMILES string of the molecule is CCCCC[C@H]1CC[C@H](c2ccc(CCc3ccc(C#N)cc3)c(Cl)c2)CC1. The van der Waals surface area contributed by atoms with E-state index in [9.17, 15) is 0 Å². The van der Waals surface area contributed by atoms with Crippen molar-refractivity contribution < 1.29 is 0 Å². The molecule has 0 N–H and O–H groups in total. The molecule has 1 fully saturated rings. The van der Waals surface area contributed by atoms with Gasteiger partial charge in [-0.15, -0.1) is 0 Å². The van der Waals surface area contributed by atoms with Crippen molar-refractivity contribution in [2.45, 2.75) is 77.0 Å². The van der Waals surface area contributed by atoms with E-state index < -0.39 is 0 Å². The summed E-state index contributed by atoms with van der Waals surface area (Å²) < 4.78 is 0. The molecule has 1 saturated carbocycles. The van der Waals surface area contributed by atoms with Crippen molar-refractivity contribution in [3.8, 4) is 6.07 Å². The van der Waals surface area contributed by atoms with Gasteiger partial charge in [-0.25, -0.2) is 0 Å². The third-order valence-corrected chi connectivity index (χ3v) is 6.73. The molecule has 0 amide bonds. The molecule has 0 spiro atoms. The van der Waals surface area contributed by atoms with Crippen LogP contribution >= 0.6 is 11.6 Å². The van der Waals surface area contributed by atoms with Crippen LogP contribution in [0.1, 0.15) is 86.5 Å². The third kappa shape index (κ3) is 5.86. The summed E-state index contributed by atoms with van der Waals surface area (Å²) in [6, 6.07) is 16.8. The summed E-state index contributed by atoms with van der Waals surface area (Å²) in [5.41, 5.74) is 4.62. The Kier molecular flexibility index (Phi) is 7.99. The molecule has 1 aliphatic carbocycles. The Hall–Kier alpha value is -1.78. The molecule has 1 aliphatic rings. The maximum Gasteiger partial charge on any atom is 0.0991 e. The lowest BCUT2D eigenvalue weighted by atomic mass is 9.77. The third-order valence-electron chi connectivity index (χ3n) is 6.38. The minimum Gasteiger partial charge on any atom is -0.192 e. The first kappa shape index (κ1) is 20.9. The number of nitriles is 1. The minimum atomic E-state index is 0.688. The van der Waals surface area contributed by atoms with Gasteiger partial charge in [-0.05, 0) is 85.3 Å². The van der Waals surface area contributed by atoms with Gasteiger partial charge in [0, 0.05) is 5.02 Å². The Bertz CT molecular complexity index is 779. The Labute approximate surface area is 175 Å². The summed E-state index contributed by atoms with van der Waals surface area (Å²) in [4.78, 5) is 0. The number of nitrogens with zero attached hydrogens (tertiary/aromatic N) is 1. The van der Waals surface area contributed by atoms with Gasteiger partial charge in [0.2, 0.25) is 0 Å². The molecule has 0 unspecified atom stereocenters. The number of halogens is 1. The number of aryl methyl sites for hydroxylation is 2. The highest BCUT2D eigenvalue weighted by atomic mass is 35.5. The maximum atomic E-state index is 8.90. The predicted octanol–water partition coefficient (Wildman–Crippen LogP) is 7.85. The fourth-order valence-electron chi connectivity index (χ4n) is 4.51. The summed E-state index contributed by atoms with van der Waals surface area (Å²) >= 11 is 6.63. The zero-order valence-corrected chi connectivity index (χ0v) is 17.8. The first-order chi connectivity index (χ1) is 13.7. The van der Waals surface area contributed by atoms with E-state index in [1.165, 1.54) is 68.1 Å². The van der Waals surface area contributed by atoms with Gasteiger partial charge in [-0.2, -0.15) is 5.26 Å². The fourth-order valence-corrected chi connectivity index (χ4v) is 4.80. The van der Waals surface area contributed by atoms with Crippen molar-refractivity contribution in [1.82, 2.24) is 0 Å². The topological polar surface area (TPSA) is 23.8 Å². The number of rotatable bonds is 8. The van der Waals surface area contributed by atoms with Crippen LogP contribution in [0.25, 0.3) is 0 Å². The average Bonchev–Trinajstić information content (AvgIpc) is 2.74. The van der Waals surface area contributed by atoms with Crippen LogP contribution in [0, 0.1) is 17.2 Å². The second kappa shape index (κ2) is 10.7. The first-order valence-corrected chi connectivity index (χ1v) is 11.3. The van der Waals surface area contributed by atoms with Gasteiger partial charge in [0.05, 0.1) is 11.6 Å². The van der Waals surface area contributed by atoms with Gasteiger partial charge >= 0.3 is 0 Å². The molecule has 2 aromatic carbocycles. The predicted molar refractivity (Wildman–Crippen MR) is 119 cm³/mol. The zero-order chi connectivity index (χ0) is 19.8. The lowest BCUT2D eigenvalue weighted by Crippen LogP contribution is -2.13. The zero-order valence-electron chi connectivity index (χ0n) is 17.1. The van der Waals surface area contributed by atoms with Crippen molar-refractivity contribution in [1.29, 1.82) is 5.26 Å². The van der Waals surface area contributed by atoms with Crippen LogP contribution in [-0.2, 0) is 12.8 Å². The van der Waals surface area contributed by atoms with Gasteiger partial charge in [-0.3, -0.25) is 0 Å². The Balaban J connectivity index is 1.52. The quantitative estimate of drug-likeness (QED) is 0.419. The van der Waals surface area contributed by atoms with Crippen molar-refractivity contribution >= 4 is 11.6 Å². The van der Waals surface area contributed by atoms with Crippen molar-refractivity contribution in [2.24, 2.45) is 5.92 Å². The lowest BCUT2D eigenvalue weighted by Gasteiger charge is -2.29. The summed E-state index contributed by atoms with van der Waals surface area (Å²) in [5.74, 6) is 1.64. The molecule has 0 aromatic heterocycles. The highest BCUT2D eigenvalue weighted by Gasteiger charge is 2.22. The van der Waals surface area contributed by atoms with E-state index in [2.05, 4.69) is 31.2 Å². The molecule has 0 aliphatic heterocycles. The molecule has 2 aromatic rings.